The van der Waals surface area contributed by atoms with Crippen molar-refractivity contribution in [1.29, 1.82) is 0 Å². The smallest absolute Gasteiger partial charge is 0.545 e. The fourth-order valence-corrected chi connectivity index (χ4v) is 1.74. The van der Waals surface area contributed by atoms with Gasteiger partial charge < -0.3 is 9.90 Å². The maximum absolute atomic E-state index is 10.9. The summed E-state index contributed by atoms with van der Waals surface area (Å²) in [5.74, 6) is -1.35. The van der Waals surface area contributed by atoms with Crippen LogP contribution in [0, 0.1) is 0 Å². The number of halogens is 2. The summed E-state index contributed by atoms with van der Waals surface area (Å²) in [5.41, 5.74) is 0.178. The van der Waals surface area contributed by atoms with E-state index in [0.717, 1.165) is 0 Å². The predicted molar refractivity (Wildman–Crippen MR) is 56.1 cm³/mol. The van der Waals surface area contributed by atoms with Gasteiger partial charge in [0.05, 0.1) is 21.5 Å². The zero-order valence-electron chi connectivity index (χ0n) is 8.33. The third kappa shape index (κ3) is 2.50. The average molecular weight is 264 g/mol. The summed E-state index contributed by atoms with van der Waals surface area (Å²) in [6.45, 7) is 0. The summed E-state index contributed by atoms with van der Waals surface area (Å²) in [6, 6.07) is 4.75. The number of benzene rings is 1. The molecule has 0 bridgehead atoms. The standard InChI is InChI=1S/C10H5Cl2NO2.Na/c11-6-3-5-1-2-7(12)8(10(14)15)9(5)13-4-6;/h1-4H,(H,14,15);/q;+1/p-1. The van der Waals surface area contributed by atoms with E-state index in [-0.39, 0.29) is 45.7 Å². The summed E-state index contributed by atoms with van der Waals surface area (Å²) in [5, 5.41) is 12.0. The fourth-order valence-electron chi connectivity index (χ4n) is 1.34. The Balaban J connectivity index is 0.00000128. The molecule has 0 unspecified atom stereocenters. The molecule has 1 heterocycles. The Morgan fingerprint density at radius 2 is 2.00 bits per heavy atom. The molecule has 0 radical (unpaired) electrons. The maximum Gasteiger partial charge on any atom is 1.00 e. The van der Waals surface area contributed by atoms with E-state index in [1.807, 2.05) is 0 Å². The van der Waals surface area contributed by atoms with Crippen LogP contribution in [0.1, 0.15) is 10.4 Å². The number of pyridine rings is 1. The van der Waals surface area contributed by atoms with Crippen molar-refractivity contribution in [1.82, 2.24) is 4.98 Å². The van der Waals surface area contributed by atoms with Gasteiger partial charge in [0.25, 0.3) is 0 Å². The molecule has 1 aromatic carbocycles. The van der Waals surface area contributed by atoms with Gasteiger partial charge in [-0.15, -0.1) is 0 Å². The van der Waals surface area contributed by atoms with E-state index in [9.17, 15) is 9.90 Å². The number of carboxylic acid groups (broad SMARTS) is 1. The van der Waals surface area contributed by atoms with E-state index >= 15 is 0 Å². The molecular weight excluding hydrogens is 260 g/mol. The minimum Gasteiger partial charge on any atom is -0.545 e. The third-order valence-corrected chi connectivity index (χ3v) is 2.49. The number of fused-ring (bicyclic) bond motifs is 1. The van der Waals surface area contributed by atoms with Gasteiger partial charge in [-0.3, -0.25) is 4.98 Å². The van der Waals surface area contributed by atoms with Crippen molar-refractivity contribution in [2.45, 2.75) is 0 Å². The van der Waals surface area contributed by atoms with Crippen molar-refractivity contribution >= 4 is 40.1 Å². The number of hydrogen-bond donors (Lipinski definition) is 0. The molecule has 0 aliphatic carbocycles. The van der Waals surface area contributed by atoms with Crippen molar-refractivity contribution in [3.8, 4) is 0 Å². The number of aromatic carboxylic acids is 1. The molecule has 0 aliphatic rings. The molecule has 3 nitrogen and oxygen atoms in total. The predicted octanol–water partition coefficient (Wildman–Crippen LogP) is -1.09. The minimum atomic E-state index is -1.35. The molecule has 1 aromatic heterocycles. The summed E-state index contributed by atoms with van der Waals surface area (Å²) in [4.78, 5) is 14.8. The molecule has 2 aromatic rings. The van der Waals surface area contributed by atoms with Crippen LogP contribution in [0.4, 0.5) is 0 Å². The zero-order valence-corrected chi connectivity index (χ0v) is 11.8. The Labute approximate surface area is 124 Å². The average Bonchev–Trinajstić information content (AvgIpc) is 2.17. The largest absolute Gasteiger partial charge is 1.00 e. The molecule has 0 N–H and O–H groups in total. The molecule has 0 aliphatic heterocycles. The SMILES string of the molecule is O=C([O-])c1c(Cl)ccc2cc(Cl)cnc12.[Na+]. The third-order valence-electron chi connectivity index (χ3n) is 1.97. The van der Waals surface area contributed by atoms with Crippen molar-refractivity contribution in [3.63, 3.8) is 0 Å². The molecule has 0 amide bonds. The van der Waals surface area contributed by atoms with E-state index in [4.69, 9.17) is 23.2 Å². The number of nitrogens with zero attached hydrogens (tertiary/aromatic N) is 1. The van der Waals surface area contributed by atoms with Gasteiger partial charge in [0.15, 0.2) is 0 Å². The first-order chi connectivity index (χ1) is 7.09. The Morgan fingerprint density at radius 3 is 2.62 bits per heavy atom. The second-order valence-electron chi connectivity index (χ2n) is 2.94. The molecule has 0 saturated heterocycles. The van der Waals surface area contributed by atoms with Crippen LogP contribution in [0.2, 0.25) is 10.0 Å². The quantitative estimate of drug-likeness (QED) is 0.615. The fraction of sp³-hybridized carbons (Fsp3) is 0. The molecule has 0 saturated carbocycles. The van der Waals surface area contributed by atoms with E-state index in [0.29, 0.717) is 10.4 Å². The second-order valence-corrected chi connectivity index (χ2v) is 3.78. The molecule has 2 rings (SSSR count). The van der Waals surface area contributed by atoms with Crippen LogP contribution in [0.25, 0.3) is 10.9 Å². The van der Waals surface area contributed by atoms with Crippen molar-refractivity contribution in [2.24, 2.45) is 0 Å². The monoisotopic (exact) mass is 263 g/mol. The van der Waals surface area contributed by atoms with Crippen LogP contribution in [-0.4, -0.2) is 11.0 Å². The first-order valence-electron chi connectivity index (χ1n) is 4.04. The Kier molecular flexibility index (Phi) is 4.59. The van der Waals surface area contributed by atoms with Gasteiger partial charge >= 0.3 is 29.6 Å². The van der Waals surface area contributed by atoms with E-state index in [2.05, 4.69) is 4.98 Å². The second kappa shape index (κ2) is 5.34. The van der Waals surface area contributed by atoms with Gasteiger partial charge in [-0.05, 0) is 12.1 Å². The first kappa shape index (κ1) is 13.7. The minimum absolute atomic E-state index is 0. The van der Waals surface area contributed by atoms with Gasteiger partial charge in [-0.1, -0.05) is 29.3 Å². The number of carbonyl (C=O) groups excluding carboxylic acids is 1. The summed E-state index contributed by atoms with van der Waals surface area (Å²) in [7, 11) is 0. The van der Waals surface area contributed by atoms with Crippen molar-refractivity contribution in [2.75, 3.05) is 0 Å². The Hall–Kier alpha value is -0.320. The summed E-state index contributed by atoms with van der Waals surface area (Å²) in [6.07, 6.45) is 1.37. The molecule has 0 fully saturated rings. The molecule has 0 spiro atoms. The van der Waals surface area contributed by atoms with Crippen LogP contribution in [0.5, 0.6) is 0 Å². The van der Waals surface area contributed by atoms with Gasteiger partial charge in [0.2, 0.25) is 0 Å². The maximum atomic E-state index is 10.9. The molecular formula is C10H4Cl2NNaO2. The number of carbonyl (C=O) groups is 1. The van der Waals surface area contributed by atoms with Gasteiger partial charge in [-0.25, -0.2) is 0 Å². The van der Waals surface area contributed by atoms with E-state index in [1.54, 1.807) is 12.1 Å². The van der Waals surface area contributed by atoms with Gasteiger partial charge in [-0.2, -0.15) is 0 Å². The number of hydrogen-bond acceptors (Lipinski definition) is 3. The number of rotatable bonds is 1. The number of carboxylic acids is 1. The van der Waals surface area contributed by atoms with Crippen LogP contribution in [-0.2, 0) is 0 Å². The molecule has 16 heavy (non-hydrogen) atoms. The Bertz CT molecular complexity index is 560. The molecule has 76 valence electrons. The molecule has 0 atom stereocenters. The van der Waals surface area contributed by atoms with Crippen LogP contribution < -0.4 is 34.7 Å². The van der Waals surface area contributed by atoms with E-state index < -0.39 is 5.97 Å². The van der Waals surface area contributed by atoms with Crippen molar-refractivity contribution < 1.29 is 39.5 Å². The van der Waals surface area contributed by atoms with Gasteiger partial charge in [0.1, 0.15) is 0 Å². The number of aromatic nitrogens is 1. The van der Waals surface area contributed by atoms with E-state index in [1.165, 1.54) is 12.3 Å². The van der Waals surface area contributed by atoms with Crippen LogP contribution in [0.3, 0.4) is 0 Å². The molecule has 6 heteroatoms. The summed E-state index contributed by atoms with van der Waals surface area (Å²) >= 11 is 11.5. The normalized spacial score (nSPS) is 9.88. The van der Waals surface area contributed by atoms with Crippen LogP contribution in [0.15, 0.2) is 24.4 Å². The first-order valence-corrected chi connectivity index (χ1v) is 4.80. The summed E-state index contributed by atoms with van der Waals surface area (Å²) < 4.78 is 0. The topological polar surface area (TPSA) is 53.0 Å². The zero-order chi connectivity index (χ0) is 11.0. The van der Waals surface area contributed by atoms with Crippen molar-refractivity contribution in [3.05, 3.63) is 40.0 Å². The Morgan fingerprint density at radius 1 is 1.31 bits per heavy atom. The van der Waals surface area contributed by atoms with Crippen LogP contribution >= 0.6 is 23.2 Å². The van der Waals surface area contributed by atoms with Gasteiger partial charge in [0, 0.05) is 17.1 Å².